The van der Waals surface area contributed by atoms with Crippen molar-refractivity contribution in [3.63, 3.8) is 0 Å². The lowest BCUT2D eigenvalue weighted by atomic mass is 10.2. The second-order valence-corrected chi connectivity index (χ2v) is 3.93. The lowest BCUT2D eigenvalue weighted by Gasteiger charge is -2.35. The van der Waals surface area contributed by atoms with Gasteiger partial charge in [-0.05, 0) is 12.1 Å². The molecule has 1 fully saturated rings. The molecule has 1 saturated heterocycles. The molecule has 4 nitrogen and oxygen atoms in total. The summed E-state index contributed by atoms with van der Waals surface area (Å²) in [4.78, 5) is 6.45. The Kier molecular flexibility index (Phi) is 3.41. The summed E-state index contributed by atoms with van der Waals surface area (Å²) in [7, 11) is 0. The highest BCUT2D eigenvalue weighted by atomic mass is 35.5. The van der Waals surface area contributed by atoms with E-state index in [0.29, 0.717) is 18.2 Å². The zero-order valence-corrected chi connectivity index (χ0v) is 9.15. The van der Waals surface area contributed by atoms with E-state index in [-0.39, 0.29) is 6.04 Å². The topological polar surface area (TPSA) is 51.4 Å². The van der Waals surface area contributed by atoms with Gasteiger partial charge in [0.15, 0.2) is 0 Å². The first-order chi connectivity index (χ1) is 7.31. The Morgan fingerprint density at radius 2 is 2.47 bits per heavy atom. The highest BCUT2D eigenvalue weighted by Crippen LogP contribution is 2.18. The summed E-state index contributed by atoms with van der Waals surface area (Å²) in [5, 5.41) is 0.649. The molecule has 2 rings (SSSR count). The Bertz CT molecular complexity index is 317. The summed E-state index contributed by atoms with van der Waals surface area (Å²) < 4.78 is 5.37. The molecule has 1 aliphatic rings. The average molecular weight is 228 g/mol. The van der Waals surface area contributed by atoms with E-state index >= 15 is 0 Å². The van der Waals surface area contributed by atoms with Crippen LogP contribution in [-0.2, 0) is 4.74 Å². The van der Waals surface area contributed by atoms with E-state index in [1.165, 1.54) is 0 Å². The van der Waals surface area contributed by atoms with Gasteiger partial charge >= 0.3 is 0 Å². The second-order valence-electron chi connectivity index (χ2n) is 3.49. The van der Waals surface area contributed by atoms with Crippen molar-refractivity contribution in [3.8, 4) is 0 Å². The molecule has 82 valence electrons. The first-order valence-corrected chi connectivity index (χ1v) is 5.35. The molecule has 0 bridgehead atoms. The van der Waals surface area contributed by atoms with E-state index in [2.05, 4.69) is 9.88 Å². The molecule has 2 heterocycles. The summed E-state index contributed by atoms with van der Waals surface area (Å²) in [5.74, 6) is 0.915. The molecule has 2 N–H and O–H groups in total. The predicted molar refractivity (Wildman–Crippen MR) is 60.3 cm³/mol. The van der Waals surface area contributed by atoms with E-state index in [0.717, 1.165) is 19.0 Å². The van der Waals surface area contributed by atoms with Gasteiger partial charge in [-0.15, -0.1) is 0 Å². The number of halogens is 1. The van der Waals surface area contributed by atoms with E-state index in [4.69, 9.17) is 22.1 Å². The molecule has 1 aromatic rings. The zero-order valence-electron chi connectivity index (χ0n) is 8.40. The number of morpholine rings is 1. The Morgan fingerprint density at radius 1 is 1.60 bits per heavy atom. The third-order valence-corrected chi connectivity index (χ3v) is 2.73. The van der Waals surface area contributed by atoms with Gasteiger partial charge in [-0.25, -0.2) is 4.98 Å². The number of aromatic nitrogens is 1. The molecule has 0 amide bonds. The van der Waals surface area contributed by atoms with Crippen LogP contribution in [0.3, 0.4) is 0 Å². The Labute approximate surface area is 94.0 Å². The third kappa shape index (κ3) is 2.40. The summed E-state index contributed by atoms with van der Waals surface area (Å²) >= 11 is 5.79. The SMILES string of the molecule is NCC1COCCN1c1ccc(Cl)cn1. The smallest absolute Gasteiger partial charge is 0.129 e. The molecule has 0 aliphatic carbocycles. The standard InChI is InChI=1S/C10H14ClN3O/c11-8-1-2-10(13-6-8)14-3-4-15-7-9(14)5-12/h1-2,6,9H,3-5,7,12H2. The van der Waals surface area contributed by atoms with Gasteiger partial charge in [-0.2, -0.15) is 0 Å². The van der Waals surface area contributed by atoms with Gasteiger partial charge in [-0.1, -0.05) is 11.6 Å². The molecule has 1 atom stereocenters. The molecule has 0 aromatic carbocycles. The van der Waals surface area contributed by atoms with Gasteiger partial charge in [0.1, 0.15) is 5.82 Å². The molecular formula is C10H14ClN3O. The van der Waals surface area contributed by atoms with Crippen LogP contribution in [-0.4, -0.2) is 37.3 Å². The van der Waals surface area contributed by atoms with Gasteiger partial charge < -0.3 is 15.4 Å². The number of ether oxygens (including phenoxy) is 1. The van der Waals surface area contributed by atoms with Crippen LogP contribution in [0.15, 0.2) is 18.3 Å². The molecule has 0 saturated carbocycles. The highest BCUT2D eigenvalue weighted by Gasteiger charge is 2.22. The van der Waals surface area contributed by atoms with E-state index in [1.807, 2.05) is 12.1 Å². The third-order valence-electron chi connectivity index (χ3n) is 2.51. The van der Waals surface area contributed by atoms with Crippen LogP contribution in [0, 0.1) is 0 Å². The molecule has 5 heteroatoms. The Morgan fingerprint density at radius 3 is 3.13 bits per heavy atom. The number of hydrogen-bond acceptors (Lipinski definition) is 4. The average Bonchev–Trinajstić information content (AvgIpc) is 2.30. The van der Waals surface area contributed by atoms with Crippen LogP contribution >= 0.6 is 11.6 Å². The number of pyridine rings is 1. The second kappa shape index (κ2) is 4.79. The molecule has 1 aromatic heterocycles. The van der Waals surface area contributed by atoms with Crippen LogP contribution in [0.4, 0.5) is 5.82 Å². The molecule has 1 unspecified atom stereocenters. The van der Waals surface area contributed by atoms with Crippen LogP contribution in [0.2, 0.25) is 5.02 Å². The molecular weight excluding hydrogens is 214 g/mol. The van der Waals surface area contributed by atoms with Crippen molar-refractivity contribution in [1.29, 1.82) is 0 Å². The summed E-state index contributed by atoms with van der Waals surface area (Å²) in [5.41, 5.74) is 5.69. The van der Waals surface area contributed by atoms with E-state index < -0.39 is 0 Å². The quantitative estimate of drug-likeness (QED) is 0.816. The largest absolute Gasteiger partial charge is 0.377 e. The monoisotopic (exact) mass is 227 g/mol. The van der Waals surface area contributed by atoms with Crippen molar-refractivity contribution in [3.05, 3.63) is 23.4 Å². The number of hydrogen-bond donors (Lipinski definition) is 1. The van der Waals surface area contributed by atoms with Crippen molar-refractivity contribution in [2.45, 2.75) is 6.04 Å². The molecule has 0 radical (unpaired) electrons. The van der Waals surface area contributed by atoms with E-state index in [9.17, 15) is 0 Å². The van der Waals surface area contributed by atoms with Crippen molar-refractivity contribution in [1.82, 2.24) is 4.98 Å². The number of nitrogens with zero attached hydrogens (tertiary/aromatic N) is 2. The van der Waals surface area contributed by atoms with Crippen LogP contribution in [0.25, 0.3) is 0 Å². The first-order valence-electron chi connectivity index (χ1n) is 4.97. The fourth-order valence-corrected chi connectivity index (χ4v) is 1.80. The maximum Gasteiger partial charge on any atom is 0.129 e. The van der Waals surface area contributed by atoms with Gasteiger partial charge in [0.25, 0.3) is 0 Å². The summed E-state index contributed by atoms with van der Waals surface area (Å²) in [6.45, 7) is 2.79. The Hall–Kier alpha value is -0.840. The van der Waals surface area contributed by atoms with Crippen molar-refractivity contribution >= 4 is 17.4 Å². The minimum atomic E-state index is 0.215. The lowest BCUT2D eigenvalue weighted by Crippen LogP contribution is -2.49. The fourth-order valence-electron chi connectivity index (χ4n) is 1.69. The maximum absolute atomic E-state index is 5.79. The van der Waals surface area contributed by atoms with Gasteiger partial charge in [0.05, 0.1) is 24.3 Å². The Balaban J connectivity index is 2.16. The van der Waals surface area contributed by atoms with Gasteiger partial charge in [0.2, 0.25) is 0 Å². The molecule has 1 aliphatic heterocycles. The lowest BCUT2D eigenvalue weighted by molar-refractivity contribution is 0.0958. The van der Waals surface area contributed by atoms with E-state index in [1.54, 1.807) is 6.20 Å². The summed E-state index contributed by atoms with van der Waals surface area (Å²) in [6, 6.07) is 3.97. The van der Waals surface area contributed by atoms with Gasteiger partial charge in [-0.3, -0.25) is 0 Å². The molecule has 0 spiro atoms. The van der Waals surface area contributed by atoms with Crippen molar-refractivity contribution in [2.75, 3.05) is 31.2 Å². The van der Waals surface area contributed by atoms with Crippen LogP contribution in [0.1, 0.15) is 0 Å². The minimum Gasteiger partial charge on any atom is -0.377 e. The predicted octanol–water partition coefficient (Wildman–Crippen LogP) is 0.899. The van der Waals surface area contributed by atoms with Crippen molar-refractivity contribution in [2.24, 2.45) is 5.73 Å². The normalized spacial score (nSPS) is 21.7. The maximum atomic E-state index is 5.79. The van der Waals surface area contributed by atoms with Crippen molar-refractivity contribution < 1.29 is 4.74 Å². The minimum absolute atomic E-state index is 0.215. The molecule has 15 heavy (non-hydrogen) atoms. The number of rotatable bonds is 2. The highest BCUT2D eigenvalue weighted by molar-refractivity contribution is 6.30. The first kappa shape index (κ1) is 10.7. The van der Waals surface area contributed by atoms with Crippen LogP contribution in [0.5, 0.6) is 0 Å². The zero-order chi connectivity index (χ0) is 10.7. The number of anilines is 1. The fraction of sp³-hybridized carbons (Fsp3) is 0.500. The summed E-state index contributed by atoms with van der Waals surface area (Å²) in [6.07, 6.45) is 1.65. The van der Waals surface area contributed by atoms with Gasteiger partial charge in [0, 0.05) is 19.3 Å². The van der Waals surface area contributed by atoms with Crippen LogP contribution < -0.4 is 10.6 Å². The number of nitrogens with two attached hydrogens (primary N) is 1.